The molecule has 2 aromatic carbocycles. The zero-order valence-corrected chi connectivity index (χ0v) is 17.2. The van der Waals surface area contributed by atoms with Crippen molar-refractivity contribution in [2.75, 3.05) is 11.4 Å². The Morgan fingerprint density at radius 1 is 1.10 bits per heavy atom. The summed E-state index contributed by atoms with van der Waals surface area (Å²) >= 11 is 6.23. The van der Waals surface area contributed by atoms with E-state index < -0.39 is 6.04 Å². The summed E-state index contributed by atoms with van der Waals surface area (Å²) in [6.07, 6.45) is 3.32. The lowest BCUT2D eigenvalue weighted by molar-refractivity contribution is -0.122. The first kappa shape index (κ1) is 18.8. The summed E-state index contributed by atoms with van der Waals surface area (Å²) in [5, 5.41) is 9.16. The normalized spacial score (nSPS) is 18.4. The van der Waals surface area contributed by atoms with Crippen molar-refractivity contribution in [3.63, 3.8) is 0 Å². The number of amides is 2. The van der Waals surface area contributed by atoms with Crippen LogP contribution in [-0.4, -0.2) is 44.3 Å². The Balaban J connectivity index is 1.52. The van der Waals surface area contributed by atoms with Gasteiger partial charge in [-0.2, -0.15) is 0 Å². The molecule has 0 radical (unpaired) electrons. The lowest BCUT2D eigenvalue weighted by Gasteiger charge is -2.25. The predicted molar refractivity (Wildman–Crippen MR) is 113 cm³/mol. The number of hydrogen-bond donors (Lipinski definition) is 0. The second-order valence-electron chi connectivity index (χ2n) is 7.64. The van der Waals surface area contributed by atoms with Crippen molar-refractivity contribution in [2.24, 2.45) is 0 Å². The second-order valence-corrected chi connectivity index (χ2v) is 8.04. The SMILES string of the molecule is Cc1c(Cl)cccc1-n1cc(CN2C(=O)C3CCCN3C(=O)c3ccccc32)nn1. The van der Waals surface area contributed by atoms with Gasteiger partial charge in [0.1, 0.15) is 11.7 Å². The number of carbonyl (C=O) groups is 2. The first-order chi connectivity index (χ1) is 14.5. The molecule has 7 nitrogen and oxygen atoms in total. The monoisotopic (exact) mass is 421 g/mol. The summed E-state index contributed by atoms with van der Waals surface area (Å²) in [5.41, 5.74) is 3.54. The van der Waals surface area contributed by atoms with Crippen LogP contribution < -0.4 is 4.90 Å². The van der Waals surface area contributed by atoms with Gasteiger partial charge in [0.2, 0.25) is 5.91 Å². The minimum atomic E-state index is -0.421. The van der Waals surface area contributed by atoms with Gasteiger partial charge in [-0.1, -0.05) is 35.0 Å². The summed E-state index contributed by atoms with van der Waals surface area (Å²) in [5.74, 6) is -0.151. The Kier molecular flexibility index (Phi) is 4.55. The third-order valence-electron chi connectivity index (χ3n) is 5.84. The van der Waals surface area contributed by atoms with Crippen LogP contribution in [0.1, 0.15) is 34.5 Å². The molecule has 3 heterocycles. The van der Waals surface area contributed by atoms with E-state index >= 15 is 0 Å². The molecule has 0 bridgehead atoms. The molecule has 0 aliphatic carbocycles. The fourth-order valence-corrected chi connectivity index (χ4v) is 4.44. The molecule has 0 spiro atoms. The second kappa shape index (κ2) is 7.25. The first-order valence-electron chi connectivity index (χ1n) is 9.92. The number of nitrogens with zero attached hydrogens (tertiary/aromatic N) is 5. The largest absolute Gasteiger partial charge is 0.327 e. The van der Waals surface area contributed by atoms with Gasteiger partial charge in [-0.3, -0.25) is 9.59 Å². The van der Waals surface area contributed by atoms with E-state index in [1.165, 1.54) is 0 Å². The Morgan fingerprint density at radius 3 is 2.77 bits per heavy atom. The number of carbonyl (C=O) groups excluding carboxylic acids is 2. The van der Waals surface area contributed by atoms with Crippen molar-refractivity contribution in [1.29, 1.82) is 0 Å². The van der Waals surface area contributed by atoms with Gasteiger partial charge in [0.25, 0.3) is 5.91 Å². The zero-order chi connectivity index (χ0) is 20.8. The van der Waals surface area contributed by atoms with Crippen molar-refractivity contribution < 1.29 is 9.59 Å². The van der Waals surface area contributed by atoms with Crippen LogP contribution in [0.15, 0.2) is 48.7 Å². The average molecular weight is 422 g/mol. The Bertz CT molecular complexity index is 1160. The Morgan fingerprint density at radius 2 is 1.90 bits per heavy atom. The van der Waals surface area contributed by atoms with Crippen LogP contribution in [0, 0.1) is 6.92 Å². The number of hydrogen-bond acceptors (Lipinski definition) is 4. The average Bonchev–Trinajstić information content (AvgIpc) is 3.41. The number of anilines is 1. The molecule has 0 N–H and O–H groups in total. The highest BCUT2D eigenvalue weighted by Gasteiger charge is 2.42. The molecular formula is C22H20ClN5O2. The van der Waals surface area contributed by atoms with Crippen molar-refractivity contribution in [3.05, 3.63) is 70.5 Å². The first-order valence-corrected chi connectivity index (χ1v) is 10.3. The number of halogens is 1. The number of benzene rings is 2. The van der Waals surface area contributed by atoms with E-state index in [9.17, 15) is 9.59 Å². The molecule has 8 heteroatoms. The Hall–Kier alpha value is -3.19. The minimum Gasteiger partial charge on any atom is -0.327 e. The van der Waals surface area contributed by atoms with Gasteiger partial charge in [-0.25, -0.2) is 4.68 Å². The maximum atomic E-state index is 13.4. The highest BCUT2D eigenvalue weighted by atomic mass is 35.5. The van der Waals surface area contributed by atoms with Gasteiger partial charge in [0, 0.05) is 11.6 Å². The lowest BCUT2D eigenvalue weighted by atomic mass is 10.1. The quantitative estimate of drug-likeness (QED) is 0.650. The van der Waals surface area contributed by atoms with E-state index in [0.29, 0.717) is 34.9 Å². The van der Waals surface area contributed by atoms with Gasteiger partial charge < -0.3 is 9.80 Å². The van der Waals surface area contributed by atoms with Gasteiger partial charge in [-0.05, 0) is 49.6 Å². The molecular weight excluding hydrogens is 402 g/mol. The molecule has 0 saturated carbocycles. The van der Waals surface area contributed by atoms with Crippen LogP contribution >= 0.6 is 11.6 Å². The van der Waals surface area contributed by atoms with Crippen molar-refractivity contribution in [2.45, 2.75) is 32.4 Å². The smallest absolute Gasteiger partial charge is 0.256 e. The molecule has 1 aromatic heterocycles. The highest BCUT2D eigenvalue weighted by Crippen LogP contribution is 2.33. The lowest BCUT2D eigenvalue weighted by Crippen LogP contribution is -2.44. The number of rotatable bonds is 3. The van der Waals surface area contributed by atoms with Gasteiger partial charge in [0.15, 0.2) is 0 Å². The van der Waals surface area contributed by atoms with E-state index in [0.717, 1.165) is 17.7 Å². The van der Waals surface area contributed by atoms with Crippen LogP contribution in [-0.2, 0) is 11.3 Å². The maximum Gasteiger partial charge on any atom is 0.256 e. The Labute approximate surface area is 178 Å². The minimum absolute atomic E-state index is 0.0701. The molecule has 30 heavy (non-hydrogen) atoms. The molecule has 5 rings (SSSR count). The van der Waals surface area contributed by atoms with Crippen LogP contribution in [0.2, 0.25) is 5.02 Å². The molecule has 1 saturated heterocycles. The molecule has 3 aromatic rings. The van der Waals surface area contributed by atoms with Gasteiger partial charge in [-0.15, -0.1) is 5.10 Å². The van der Waals surface area contributed by atoms with Crippen LogP contribution in [0.4, 0.5) is 5.69 Å². The van der Waals surface area contributed by atoms with E-state index in [4.69, 9.17) is 11.6 Å². The molecule has 1 atom stereocenters. The molecule has 152 valence electrons. The third-order valence-corrected chi connectivity index (χ3v) is 6.25. The van der Waals surface area contributed by atoms with E-state index in [-0.39, 0.29) is 18.4 Å². The number of aromatic nitrogens is 3. The van der Waals surface area contributed by atoms with E-state index in [1.54, 1.807) is 26.7 Å². The zero-order valence-electron chi connectivity index (χ0n) is 16.5. The summed E-state index contributed by atoms with van der Waals surface area (Å²) in [6, 6.07) is 12.5. The van der Waals surface area contributed by atoms with Gasteiger partial charge in [0.05, 0.1) is 29.7 Å². The van der Waals surface area contributed by atoms with Gasteiger partial charge >= 0.3 is 0 Å². The summed E-state index contributed by atoms with van der Waals surface area (Å²) in [6.45, 7) is 2.78. The number of fused-ring (bicyclic) bond motifs is 2. The standard InChI is InChI=1S/C22H20ClN5O2/c1-14-17(23)7-4-9-18(14)28-13-15(24-25-28)12-27-19-8-3-2-6-16(19)21(29)26-11-5-10-20(26)22(27)30/h2-4,6-9,13,20H,5,10-12H2,1H3. The summed E-state index contributed by atoms with van der Waals surface area (Å²) in [7, 11) is 0. The van der Waals surface area contributed by atoms with Crippen molar-refractivity contribution in [3.8, 4) is 5.69 Å². The maximum absolute atomic E-state index is 13.4. The molecule has 2 aliphatic rings. The van der Waals surface area contributed by atoms with Crippen LogP contribution in [0.25, 0.3) is 5.69 Å². The van der Waals surface area contributed by atoms with Crippen LogP contribution in [0.3, 0.4) is 0 Å². The van der Waals surface area contributed by atoms with Crippen LogP contribution in [0.5, 0.6) is 0 Å². The summed E-state index contributed by atoms with van der Waals surface area (Å²) in [4.78, 5) is 29.8. The topological polar surface area (TPSA) is 71.3 Å². The molecule has 2 amide bonds. The van der Waals surface area contributed by atoms with Crippen molar-refractivity contribution in [1.82, 2.24) is 19.9 Å². The summed E-state index contributed by atoms with van der Waals surface area (Å²) < 4.78 is 1.66. The van der Waals surface area contributed by atoms with Crippen molar-refractivity contribution >= 4 is 29.1 Å². The van der Waals surface area contributed by atoms with E-state index in [1.807, 2.05) is 43.3 Å². The highest BCUT2D eigenvalue weighted by molar-refractivity contribution is 6.31. The fraction of sp³-hybridized carbons (Fsp3) is 0.273. The third kappa shape index (κ3) is 2.97. The predicted octanol–water partition coefficient (Wildman–Crippen LogP) is 3.38. The fourth-order valence-electron chi connectivity index (χ4n) is 4.27. The molecule has 1 unspecified atom stereocenters. The van der Waals surface area contributed by atoms with E-state index in [2.05, 4.69) is 10.3 Å². The number of para-hydroxylation sites is 1. The molecule has 1 fully saturated rings. The molecule has 2 aliphatic heterocycles.